The number of carboxylic acids is 1. The molecule has 1 aromatic heterocycles. The topological polar surface area (TPSA) is 79.3 Å². The van der Waals surface area contributed by atoms with Crippen LogP contribution in [0.4, 0.5) is 0 Å². The van der Waals surface area contributed by atoms with Gasteiger partial charge in [-0.3, -0.25) is 4.79 Å². The minimum absolute atomic E-state index is 0.137. The van der Waals surface area contributed by atoms with Crippen LogP contribution in [0.25, 0.3) is 0 Å². The molecule has 1 aliphatic rings. The summed E-state index contributed by atoms with van der Waals surface area (Å²) in [7, 11) is 0. The number of aromatic nitrogens is 1. The largest absolute Gasteiger partial charge is 0.478 e. The highest BCUT2D eigenvalue weighted by atomic mass is 16.4. The number of rotatable bonds is 3. The molecular weight excluding hydrogens is 268 g/mol. The number of hydrogen-bond acceptors (Lipinski definition) is 3. The van der Waals surface area contributed by atoms with Crippen molar-refractivity contribution in [1.82, 2.24) is 10.3 Å². The number of carbonyl (C=O) groups is 2. The van der Waals surface area contributed by atoms with Crippen molar-refractivity contribution in [3.8, 4) is 0 Å². The molecule has 5 heteroatoms. The van der Waals surface area contributed by atoms with Gasteiger partial charge in [-0.25, -0.2) is 9.78 Å². The standard InChI is InChI=1S/C16H22N2O3/c1-11-13(16(20)21)9-10-14(17-11)15(19)18-12-7-5-3-2-4-6-8-12/h9-10,12H,2-8H2,1H3,(H,18,19)(H,20,21). The lowest BCUT2D eigenvalue weighted by Crippen LogP contribution is -2.35. The molecule has 21 heavy (non-hydrogen) atoms. The van der Waals surface area contributed by atoms with E-state index in [-0.39, 0.29) is 17.5 Å². The lowest BCUT2D eigenvalue weighted by Gasteiger charge is -2.20. The van der Waals surface area contributed by atoms with E-state index >= 15 is 0 Å². The second-order valence-electron chi connectivity index (χ2n) is 5.65. The van der Waals surface area contributed by atoms with E-state index < -0.39 is 5.97 Å². The summed E-state index contributed by atoms with van der Waals surface area (Å²) >= 11 is 0. The van der Waals surface area contributed by atoms with E-state index in [9.17, 15) is 9.59 Å². The number of aryl methyl sites for hydroxylation is 1. The molecule has 2 rings (SSSR count). The van der Waals surface area contributed by atoms with Gasteiger partial charge in [-0.1, -0.05) is 32.1 Å². The van der Waals surface area contributed by atoms with Crippen LogP contribution >= 0.6 is 0 Å². The van der Waals surface area contributed by atoms with Gasteiger partial charge >= 0.3 is 5.97 Å². The molecule has 0 bridgehead atoms. The van der Waals surface area contributed by atoms with Crippen molar-refractivity contribution in [2.24, 2.45) is 0 Å². The van der Waals surface area contributed by atoms with Crippen LogP contribution in [0.2, 0.25) is 0 Å². The third kappa shape index (κ3) is 4.28. The average Bonchev–Trinajstić information content (AvgIpc) is 2.41. The molecule has 1 fully saturated rings. The van der Waals surface area contributed by atoms with Crippen LogP contribution in [0.3, 0.4) is 0 Å². The Bertz CT molecular complexity index is 520. The summed E-state index contributed by atoms with van der Waals surface area (Å²) in [6.45, 7) is 1.61. The smallest absolute Gasteiger partial charge is 0.337 e. The molecule has 1 aromatic rings. The zero-order valence-electron chi connectivity index (χ0n) is 12.4. The molecule has 0 saturated heterocycles. The van der Waals surface area contributed by atoms with Crippen molar-refractivity contribution in [1.29, 1.82) is 0 Å². The van der Waals surface area contributed by atoms with Crippen LogP contribution in [-0.4, -0.2) is 28.0 Å². The van der Waals surface area contributed by atoms with Crippen molar-refractivity contribution in [2.45, 2.75) is 57.9 Å². The van der Waals surface area contributed by atoms with Crippen LogP contribution in [0.5, 0.6) is 0 Å². The SMILES string of the molecule is Cc1nc(C(=O)NC2CCCCCCC2)ccc1C(=O)O. The lowest BCUT2D eigenvalue weighted by molar-refractivity contribution is 0.0694. The van der Waals surface area contributed by atoms with Gasteiger partial charge in [-0.05, 0) is 31.9 Å². The number of nitrogens with zero attached hydrogens (tertiary/aromatic N) is 1. The molecule has 1 saturated carbocycles. The molecule has 2 N–H and O–H groups in total. The molecule has 0 aromatic carbocycles. The minimum Gasteiger partial charge on any atom is -0.478 e. The molecular formula is C16H22N2O3. The molecule has 0 aliphatic heterocycles. The molecule has 114 valence electrons. The summed E-state index contributed by atoms with van der Waals surface area (Å²) in [6, 6.07) is 3.13. The Kier molecular flexibility index (Phi) is 5.31. The number of carboxylic acid groups (broad SMARTS) is 1. The molecule has 5 nitrogen and oxygen atoms in total. The second-order valence-corrected chi connectivity index (χ2v) is 5.65. The van der Waals surface area contributed by atoms with Crippen LogP contribution in [0.15, 0.2) is 12.1 Å². The lowest BCUT2D eigenvalue weighted by atomic mass is 9.96. The van der Waals surface area contributed by atoms with E-state index in [0.717, 1.165) is 25.7 Å². The van der Waals surface area contributed by atoms with Gasteiger partial charge in [0.2, 0.25) is 0 Å². The summed E-state index contributed by atoms with van der Waals surface area (Å²) in [5.41, 5.74) is 0.796. The fourth-order valence-electron chi connectivity index (χ4n) is 2.77. The van der Waals surface area contributed by atoms with Gasteiger partial charge in [-0.15, -0.1) is 0 Å². The van der Waals surface area contributed by atoms with Gasteiger partial charge in [0.25, 0.3) is 5.91 Å². The Labute approximate surface area is 124 Å². The van der Waals surface area contributed by atoms with E-state index in [1.807, 2.05) is 0 Å². The predicted octanol–water partition coefficient (Wildman–Crippen LogP) is 2.93. The average molecular weight is 290 g/mol. The Morgan fingerprint density at radius 1 is 1.14 bits per heavy atom. The fourth-order valence-corrected chi connectivity index (χ4v) is 2.77. The normalized spacial score (nSPS) is 16.8. The molecule has 1 amide bonds. The quantitative estimate of drug-likeness (QED) is 0.897. The van der Waals surface area contributed by atoms with Gasteiger partial charge in [0.05, 0.1) is 11.3 Å². The monoisotopic (exact) mass is 290 g/mol. The number of hydrogen-bond donors (Lipinski definition) is 2. The Hall–Kier alpha value is -1.91. The molecule has 1 heterocycles. The van der Waals surface area contributed by atoms with Crippen LogP contribution < -0.4 is 5.32 Å². The fraction of sp³-hybridized carbons (Fsp3) is 0.562. The molecule has 0 spiro atoms. The van der Waals surface area contributed by atoms with Gasteiger partial charge in [0.1, 0.15) is 5.69 Å². The van der Waals surface area contributed by atoms with Gasteiger partial charge in [0, 0.05) is 6.04 Å². The van der Waals surface area contributed by atoms with Gasteiger partial charge in [0.15, 0.2) is 0 Å². The highest BCUT2D eigenvalue weighted by Crippen LogP contribution is 2.17. The third-order valence-electron chi connectivity index (χ3n) is 3.99. The zero-order valence-corrected chi connectivity index (χ0v) is 12.4. The maximum Gasteiger partial charge on any atom is 0.337 e. The first-order valence-electron chi connectivity index (χ1n) is 7.59. The van der Waals surface area contributed by atoms with Crippen LogP contribution in [0, 0.1) is 6.92 Å². The van der Waals surface area contributed by atoms with Crippen molar-refractivity contribution in [3.63, 3.8) is 0 Å². The molecule has 1 aliphatic carbocycles. The Morgan fingerprint density at radius 3 is 2.33 bits per heavy atom. The first kappa shape index (κ1) is 15.5. The molecule has 0 atom stereocenters. The van der Waals surface area contributed by atoms with Crippen molar-refractivity contribution in [3.05, 3.63) is 29.1 Å². The first-order chi connectivity index (χ1) is 10.1. The summed E-state index contributed by atoms with van der Waals surface area (Å²) < 4.78 is 0. The maximum absolute atomic E-state index is 12.2. The number of amides is 1. The first-order valence-corrected chi connectivity index (χ1v) is 7.59. The van der Waals surface area contributed by atoms with Crippen molar-refractivity contribution >= 4 is 11.9 Å². The number of aromatic carboxylic acids is 1. The third-order valence-corrected chi connectivity index (χ3v) is 3.99. The van der Waals surface area contributed by atoms with E-state index in [2.05, 4.69) is 10.3 Å². The Balaban J connectivity index is 2.02. The van der Waals surface area contributed by atoms with E-state index in [0.29, 0.717) is 11.4 Å². The summed E-state index contributed by atoms with van der Waals surface area (Å²) in [5.74, 6) is -1.23. The van der Waals surface area contributed by atoms with Crippen molar-refractivity contribution in [2.75, 3.05) is 0 Å². The summed E-state index contributed by atoms with van der Waals surface area (Å²) in [6.07, 6.45) is 8.08. The van der Waals surface area contributed by atoms with Gasteiger partial charge in [-0.2, -0.15) is 0 Å². The summed E-state index contributed by atoms with van der Waals surface area (Å²) in [5, 5.41) is 12.0. The van der Waals surface area contributed by atoms with Crippen molar-refractivity contribution < 1.29 is 14.7 Å². The van der Waals surface area contributed by atoms with E-state index in [1.54, 1.807) is 6.92 Å². The van der Waals surface area contributed by atoms with Crippen LogP contribution in [0.1, 0.15) is 71.5 Å². The van der Waals surface area contributed by atoms with E-state index in [1.165, 1.54) is 31.4 Å². The minimum atomic E-state index is -1.02. The van der Waals surface area contributed by atoms with Gasteiger partial charge < -0.3 is 10.4 Å². The number of carbonyl (C=O) groups excluding carboxylic acids is 1. The maximum atomic E-state index is 12.2. The second kappa shape index (κ2) is 7.20. The summed E-state index contributed by atoms with van der Waals surface area (Å²) in [4.78, 5) is 27.3. The van der Waals surface area contributed by atoms with Crippen LogP contribution in [-0.2, 0) is 0 Å². The number of nitrogens with one attached hydrogen (secondary N) is 1. The zero-order chi connectivity index (χ0) is 15.2. The molecule has 0 unspecified atom stereocenters. The highest BCUT2D eigenvalue weighted by Gasteiger charge is 2.17. The van der Waals surface area contributed by atoms with E-state index in [4.69, 9.17) is 5.11 Å². The Morgan fingerprint density at radius 2 is 1.76 bits per heavy atom. The highest BCUT2D eigenvalue weighted by molar-refractivity contribution is 5.94. The molecule has 0 radical (unpaired) electrons. The number of pyridine rings is 1. The predicted molar refractivity (Wildman–Crippen MR) is 79.5 cm³/mol.